The Balaban J connectivity index is 0.000000176. The van der Waals surface area contributed by atoms with Crippen molar-refractivity contribution in [3.05, 3.63) is 174 Å². The minimum absolute atomic E-state index is 0.230. The van der Waals surface area contributed by atoms with Gasteiger partial charge in [0.2, 0.25) is 0 Å². The Bertz CT molecular complexity index is 3150. The summed E-state index contributed by atoms with van der Waals surface area (Å²) in [6, 6.07) is 38.6. The van der Waals surface area contributed by atoms with Crippen LogP contribution in [0.2, 0.25) is 5.02 Å². The van der Waals surface area contributed by atoms with Crippen LogP contribution in [0.25, 0.3) is 43.8 Å². The molecule has 2 aliphatic heterocycles. The summed E-state index contributed by atoms with van der Waals surface area (Å²) < 4.78 is 43.5. The number of methoxy groups -OCH3 is 1. The number of hydrogen-bond donors (Lipinski definition) is 4. The maximum Gasteiger partial charge on any atom is 0.323 e. The maximum absolute atomic E-state index is 13.9. The van der Waals surface area contributed by atoms with Crippen molar-refractivity contribution in [3.63, 3.8) is 0 Å². The van der Waals surface area contributed by atoms with E-state index in [-0.39, 0.29) is 11.7 Å². The number of pyridine rings is 2. The molecule has 2 aliphatic rings. The van der Waals surface area contributed by atoms with Crippen molar-refractivity contribution in [2.24, 2.45) is 0 Å². The smallest absolute Gasteiger partial charge is 0.323 e. The molecule has 4 heterocycles. The number of urea groups is 2. The summed E-state index contributed by atoms with van der Waals surface area (Å²) in [5, 5.41) is 15.0. The lowest BCUT2D eigenvalue weighted by Gasteiger charge is -2.26. The van der Waals surface area contributed by atoms with Gasteiger partial charge in [-0.2, -0.15) is 0 Å². The SMILES string of the molecule is COc1c(Cl)cccc1NC(=O)Nc1ccc(-c2ccc(CN3CCOCC3)nc2)c2ccccc12.O=C(Nc1cc(F)ccc1F)Nc1ccc(-c2ccc(CN3CCOCC3)nc2)c2ccccc12. The zero-order valence-electron chi connectivity index (χ0n) is 38.9. The summed E-state index contributed by atoms with van der Waals surface area (Å²) in [5.41, 5.74) is 7.57. The van der Waals surface area contributed by atoms with Crippen LogP contribution in [-0.4, -0.2) is 91.5 Å². The number of fused-ring (bicyclic) bond motifs is 2. The number of hydrogen-bond acceptors (Lipinski definition) is 9. The zero-order chi connectivity index (χ0) is 49.1. The fourth-order valence-electron chi connectivity index (χ4n) is 8.61. The summed E-state index contributed by atoms with van der Waals surface area (Å²) in [5.74, 6) is -0.938. The highest BCUT2D eigenvalue weighted by atomic mass is 35.5. The van der Waals surface area contributed by atoms with Gasteiger partial charge in [-0.3, -0.25) is 19.8 Å². The van der Waals surface area contributed by atoms with Crippen molar-refractivity contribution >= 4 is 68.0 Å². The number of morpholine rings is 2. The molecular weight excluding hydrogens is 926 g/mol. The van der Waals surface area contributed by atoms with E-state index in [1.165, 1.54) is 7.11 Å². The molecule has 2 aromatic heterocycles. The van der Waals surface area contributed by atoms with Crippen LogP contribution in [0, 0.1) is 11.6 Å². The van der Waals surface area contributed by atoms with Gasteiger partial charge in [0.25, 0.3) is 0 Å². The van der Waals surface area contributed by atoms with E-state index in [2.05, 4.69) is 60.3 Å². The lowest BCUT2D eigenvalue weighted by molar-refractivity contribution is 0.0336. The Hall–Kier alpha value is -7.53. The van der Waals surface area contributed by atoms with Gasteiger partial charge in [0, 0.05) is 79.6 Å². The van der Waals surface area contributed by atoms with Crippen LogP contribution in [0.1, 0.15) is 11.4 Å². The molecule has 16 heteroatoms. The van der Waals surface area contributed by atoms with Gasteiger partial charge in [0.1, 0.15) is 11.6 Å². The highest BCUT2D eigenvalue weighted by Crippen LogP contribution is 2.36. The number of carbonyl (C=O) groups is 2. The van der Waals surface area contributed by atoms with E-state index >= 15 is 0 Å². The third-order valence-electron chi connectivity index (χ3n) is 12.2. The second kappa shape index (κ2) is 22.9. The number of aromatic nitrogens is 2. The third-order valence-corrected chi connectivity index (χ3v) is 12.5. The van der Waals surface area contributed by atoms with Gasteiger partial charge in [-0.15, -0.1) is 0 Å². The van der Waals surface area contributed by atoms with E-state index in [9.17, 15) is 18.4 Å². The number of anilines is 4. The van der Waals surface area contributed by atoms with E-state index in [0.29, 0.717) is 27.8 Å². The second-order valence-electron chi connectivity index (χ2n) is 16.9. The number of benzene rings is 6. The fraction of sp³-hybridized carbons (Fsp3) is 0.200. The molecule has 10 rings (SSSR count). The lowest BCUT2D eigenvalue weighted by atomic mass is 9.98. The van der Waals surface area contributed by atoms with Crippen LogP contribution in [-0.2, 0) is 22.6 Å². The Labute approximate surface area is 414 Å². The largest absolute Gasteiger partial charge is 0.493 e. The van der Waals surface area contributed by atoms with E-state index in [1.54, 1.807) is 24.3 Å². The molecule has 0 atom stereocenters. The number of para-hydroxylation sites is 1. The molecule has 8 aromatic rings. The standard InChI is InChI=1S/C28H27ClN4O3.C27H24F2N4O2/c1-35-27-24(29)7-4-8-26(27)32-28(34)31-25-12-11-21(22-5-2-3-6-23(22)25)19-9-10-20(30-17-19)18-33-13-15-36-16-14-33;28-19-6-9-24(29)26(15-19)32-27(34)31-25-10-8-21(22-3-1-2-4-23(22)25)18-5-7-20(30-16-18)17-33-11-13-35-14-12-33/h2-12,17H,13-16,18H2,1H3,(H2,31,32,34);1-10,15-16H,11-14,17H2,(H2,31,32,34). The van der Waals surface area contributed by atoms with Crippen LogP contribution in [0.15, 0.2) is 146 Å². The van der Waals surface area contributed by atoms with Crippen LogP contribution >= 0.6 is 11.6 Å². The number of carbonyl (C=O) groups excluding carboxylic acids is 2. The zero-order valence-corrected chi connectivity index (χ0v) is 39.6. The molecular formula is C55H51ClF2N8O5. The van der Waals surface area contributed by atoms with Gasteiger partial charge in [-0.25, -0.2) is 18.4 Å². The first-order valence-electron chi connectivity index (χ1n) is 23.2. The lowest BCUT2D eigenvalue weighted by Crippen LogP contribution is -2.35. The molecule has 0 spiro atoms. The predicted molar refractivity (Wildman–Crippen MR) is 276 cm³/mol. The first kappa shape index (κ1) is 48.5. The highest BCUT2D eigenvalue weighted by molar-refractivity contribution is 6.32. The van der Waals surface area contributed by atoms with Crippen LogP contribution in [0.4, 0.5) is 41.1 Å². The summed E-state index contributed by atoms with van der Waals surface area (Å²) in [6.07, 6.45) is 3.78. The number of amides is 4. The highest BCUT2D eigenvalue weighted by Gasteiger charge is 2.17. The molecule has 0 radical (unpaired) electrons. The Morgan fingerprint density at radius 3 is 1.52 bits per heavy atom. The van der Waals surface area contributed by atoms with Crippen molar-refractivity contribution in [2.75, 3.05) is 81.0 Å². The molecule has 0 bridgehead atoms. The van der Waals surface area contributed by atoms with Crippen molar-refractivity contribution in [3.8, 4) is 28.0 Å². The minimum atomic E-state index is -0.716. The van der Waals surface area contributed by atoms with Gasteiger partial charge in [-0.1, -0.05) is 90.5 Å². The first-order valence-corrected chi connectivity index (χ1v) is 23.5. The topological polar surface area (TPSA) is 142 Å². The average molecular weight is 978 g/mol. The molecule has 0 aliphatic carbocycles. The van der Waals surface area contributed by atoms with E-state index in [1.807, 2.05) is 79.1 Å². The number of nitrogens with one attached hydrogen (secondary N) is 4. The van der Waals surface area contributed by atoms with Crippen molar-refractivity contribution < 1.29 is 32.6 Å². The van der Waals surface area contributed by atoms with Crippen LogP contribution in [0.5, 0.6) is 5.75 Å². The van der Waals surface area contributed by atoms with Crippen LogP contribution in [0.3, 0.4) is 0 Å². The minimum Gasteiger partial charge on any atom is -0.493 e. The van der Waals surface area contributed by atoms with E-state index < -0.39 is 17.7 Å². The normalized spacial score (nSPS) is 14.0. The molecule has 2 fully saturated rings. The summed E-state index contributed by atoms with van der Waals surface area (Å²) in [6.45, 7) is 8.32. The molecule has 13 nitrogen and oxygen atoms in total. The molecule has 4 N–H and O–H groups in total. The monoisotopic (exact) mass is 976 g/mol. The molecule has 6 aromatic carbocycles. The molecule has 0 saturated carbocycles. The van der Waals surface area contributed by atoms with Crippen molar-refractivity contribution in [2.45, 2.75) is 13.1 Å². The van der Waals surface area contributed by atoms with Crippen molar-refractivity contribution in [1.29, 1.82) is 0 Å². The third kappa shape index (κ3) is 12.1. The Morgan fingerprint density at radius 1 is 0.563 bits per heavy atom. The molecule has 71 heavy (non-hydrogen) atoms. The van der Waals surface area contributed by atoms with Gasteiger partial charge >= 0.3 is 12.1 Å². The quantitative estimate of drug-likeness (QED) is 0.0996. The van der Waals surface area contributed by atoms with Gasteiger partial charge < -0.3 is 35.5 Å². The van der Waals surface area contributed by atoms with E-state index in [0.717, 1.165) is 139 Å². The first-order chi connectivity index (χ1) is 34.7. The van der Waals surface area contributed by atoms with Crippen molar-refractivity contribution in [1.82, 2.24) is 19.8 Å². The summed E-state index contributed by atoms with van der Waals surface area (Å²) in [4.78, 5) is 39.4. The summed E-state index contributed by atoms with van der Waals surface area (Å²) >= 11 is 6.18. The molecule has 362 valence electrons. The van der Waals surface area contributed by atoms with Gasteiger partial charge in [0.15, 0.2) is 5.75 Å². The number of ether oxygens (including phenoxy) is 3. The average Bonchev–Trinajstić information content (AvgIpc) is 3.39. The Kier molecular flexibility index (Phi) is 15.7. The number of nitrogens with zero attached hydrogens (tertiary/aromatic N) is 4. The van der Waals surface area contributed by atoms with Gasteiger partial charge in [0.05, 0.1) is 72.7 Å². The second-order valence-corrected chi connectivity index (χ2v) is 17.3. The number of rotatable bonds is 11. The number of halogens is 3. The van der Waals surface area contributed by atoms with Gasteiger partial charge in [-0.05, 0) is 70.4 Å². The maximum atomic E-state index is 13.9. The predicted octanol–water partition coefficient (Wildman–Crippen LogP) is 11.7. The van der Waals surface area contributed by atoms with Crippen LogP contribution < -0.4 is 26.0 Å². The molecule has 2 saturated heterocycles. The Morgan fingerprint density at radius 2 is 1.04 bits per heavy atom. The summed E-state index contributed by atoms with van der Waals surface area (Å²) in [7, 11) is 1.51. The molecule has 4 amide bonds. The molecule has 0 unspecified atom stereocenters. The fourth-order valence-corrected chi connectivity index (χ4v) is 8.86. The van der Waals surface area contributed by atoms with E-state index in [4.69, 9.17) is 30.8 Å².